The number of rotatable bonds is 5. The number of aromatic nitrogens is 1. The number of sulfonamides is 1. The van der Waals surface area contributed by atoms with Gasteiger partial charge in [-0.15, -0.1) is 0 Å². The lowest BCUT2D eigenvalue weighted by Gasteiger charge is -2.05. The van der Waals surface area contributed by atoms with E-state index in [1.807, 2.05) is 0 Å². The molecule has 0 aliphatic rings. The number of hydrogen-bond acceptors (Lipinski definition) is 5. The summed E-state index contributed by atoms with van der Waals surface area (Å²) in [6.07, 6.45) is 3.00. The Morgan fingerprint density at radius 3 is 2.89 bits per heavy atom. The molecule has 0 aromatic carbocycles. The summed E-state index contributed by atoms with van der Waals surface area (Å²) in [5.74, 6) is 0.529. The first-order chi connectivity index (χ1) is 9.03. The van der Waals surface area contributed by atoms with Crippen LogP contribution < -0.4 is 10.0 Å². The minimum Gasteiger partial charge on any atom is -0.451 e. The van der Waals surface area contributed by atoms with E-state index in [1.165, 1.54) is 12.3 Å². The van der Waals surface area contributed by atoms with Gasteiger partial charge in [0.1, 0.15) is 10.7 Å². The lowest BCUT2D eigenvalue weighted by atomic mass is 10.4. The monoisotopic (exact) mass is 345 g/mol. The summed E-state index contributed by atoms with van der Waals surface area (Å²) in [5, 5.41) is 2.89. The van der Waals surface area contributed by atoms with Gasteiger partial charge in [0, 0.05) is 12.3 Å². The smallest absolute Gasteiger partial charge is 0.266 e. The highest BCUT2D eigenvalue weighted by Gasteiger charge is 2.22. The number of anilines is 1. The predicted molar refractivity (Wildman–Crippen MR) is 74.2 cm³/mol. The second-order valence-corrected chi connectivity index (χ2v) is 6.10. The molecule has 0 fully saturated rings. The highest BCUT2D eigenvalue weighted by atomic mass is 79.9. The van der Waals surface area contributed by atoms with Crippen molar-refractivity contribution >= 4 is 31.6 Å². The van der Waals surface area contributed by atoms with Gasteiger partial charge in [-0.1, -0.05) is 0 Å². The van der Waals surface area contributed by atoms with E-state index >= 15 is 0 Å². The summed E-state index contributed by atoms with van der Waals surface area (Å²) >= 11 is 3.11. The van der Waals surface area contributed by atoms with E-state index in [9.17, 15) is 8.42 Å². The van der Waals surface area contributed by atoms with Crippen LogP contribution in [0.15, 0.2) is 44.6 Å². The zero-order valence-corrected chi connectivity index (χ0v) is 12.5. The first-order valence-corrected chi connectivity index (χ1v) is 7.66. The molecule has 8 heteroatoms. The van der Waals surface area contributed by atoms with Gasteiger partial charge in [-0.2, -0.15) is 0 Å². The molecule has 0 saturated heterocycles. The Morgan fingerprint density at radius 2 is 2.26 bits per heavy atom. The molecule has 0 bridgehead atoms. The van der Waals surface area contributed by atoms with E-state index in [-0.39, 0.29) is 9.56 Å². The molecule has 2 rings (SSSR count). The third kappa shape index (κ3) is 3.34. The Hall–Kier alpha value is -1.38. The molecule has 0 radical (unpaired) electrons. The maximum atomic E-state index is 12.2. The Bertz CT molecular complexity index is 655. The molecule has 0 atom stereocenters. The fourth-order valence-electron chi connectivity index (χ4n) is 1.48. The summed E-state index contributed by atoms with van der Waals surface area (Å²) in [6.45, 7) is 0.445. The van der Waals surface area contributed by atoms with Crippen molar-refractivity contribution in [2.45, 2.75) is 11.4 Å². The average Bonchev–Trinajstić information content (AvgIpc) is 2.72. The SMILES string of the molecule is CNCc1cc(S(=O)(=O)Nc2cccnc2)c(Br)o1. The van der Waals surface area contributed by atoms with Crippen molar-refractivity contribution in [2.24, 2.45) is 0 Å². The van der Waals surface area contributed by atoms with E-state index in [0.717, 1.165) is 0 Å². The Labute approximate surface area is 119 Å². The van der Waals surface area contributed by atoms with Crippen LogP contribution in [0.25, 0.3) is 0 Å². The van der Waals surface area contributed by atoms with E-state index < -0.39 is 10.0 Å². The van der Waals surface area contributed by atoms with Crippen molar-refractivity contribution in [1.82, 2.24) is 10.3 Å². The van der Waals surface area contributed by atoms with Crippen LogP contribution in [0.3, 0.4) is 0 Å². The molecule has 2 aromatic rings. The van der Waals surface area contributed by atoms with Gasteiger partial charge in [0.05, 0.1) is 18.4 Å². The van der Waals surface area contributed by atoms with Crippen LogP contribution in [0, 0.1) is 0 Å². The Balaban J connectivity index is 2.29. The lowest BCUT2D eigenvalue weighted by molar-refractivity contribution is 0.470. The van der Waals surface area contributed by atoms with E-state index in [2.05, 4.69) is 31.0 Å². The molecule has 2 aromatic heterocycles. The second-order valence-electron chi connectivity index (χ2n) is 3.73. The van der Waals surface area contributed by atoms with Crippen LogP contribution in [0.1, 0.15) is 5.76 Å². The van der Waals surface area contributed by atoms with E-state index in [1.54, 1.807) is 25.4 Å². The molecular weight excluding hydrogens is 334 g/mol. The number of hydrogen-bond donors (Lipinski definition) is 2. The normalized spacial score (nSPS) is 11.5. The van der Waals surface area contributed by atoms with Gasteiger partial charge >= 0.3 is 0 Å². The number of pyridine rings is 1. The Kier molecular flexibility index (Phi) is 4.23. The number of halogens is 1. The molecule has 0 aliphatic carbocycles. The number of furan rings is 1. The molecule has 0 amide bonds. The van der Waals surface area contributed by atoms with Crippen molar-refractivity contribution in [3.8, 4) is 0 Å². The summed E-state index contributed by atoms with van der Waals surface area (Å²) in [4.78, 5) is 3.90. The second kappa shape index (κ2) is 5.72. The molecule has 0 aliphatic heterocycles. The summed E-state index contributed by atoms with van der Waals surface area (Å²) < 4.78 is 32.3. The highest BCUT2D eigenvalue weighted by Crippen LogP contribution is 2.27. The van der Waals surface area contributed by atoms with Crippen LogP contribution in [0.2, 0.25) is 0 Å². The van der Waals surface area contributed by atoms with Crippen LogP contribution in [0.5, 0.6) is 0 Å². The van der Waals surface area contributed by atoms with Crippen LogP contribution >= 0.6 is 15.9 Å². The first-order valence-electron chi connectivity index (χ1n) is 5.38. The third-order valence-electron chi connectivity index (χ3n) is 2.26. The molecule has 19 heavy (non-hydrogen) atoms. The van der Waals surface area contributed by atoms with E-state index in [4.69, 9.17) is 4.42 Å². The zero-order chi connectivity index (χ0) is 13.9. The van der Waals surface area contributed by atoms with Gasteiger partial charge in [0.2, 0.25) is 0 Å². The summed E-state index contributed by atoms with van der Waals surface area (Å²) in [7, 11) is -1.95. The standard InChI is InChI=1S/C11H12BrN3O3S/c1-13-7-9-5-10(11(12)18-9)19(16,17)15-8-3-2-4-14-6-8/h2-6,13,15H,7H2,1H3. The van der Waals surface area contributed by atoms with Crippen molar-refractivity contribution in [3.63, 3.8) is 0 Å². The van der Waals surface area contributed by atoms with Crippen molar-refractivity contribution in [2.75, 3.05) is 11.8 Å². The molecular formula is C11H12BrN3O3S. The van der Waals surface area contributed by atoms with Crippen molar-refractivity contribution < 1.29 is 12.8 Å². The fourth-order valence-corrected chi connectivity index (χ4v) is 3.52. The number of nitrogens with zero attached hydrogens (tertiary/aromatic N) is 1. The van der Waals surface area contributed by atoms with Gasteiger partial charge in [0.15, 0.2) is 4.67 Å². The van der Waals surface area contributed by atoms with Crippen LogP contribution in [-0.4, -0.2) is 20.4 Å². The summed E-state index contributed by atoms with van der Waals surface area (Å²) in [5.41, 5.74) is 0.394. The van der Waals surface area contributed by atoms with Crippen molar-refractivity contribution in [3.05, 3.63) is 41.0 Å². The molecule has 102 valence electrons. The minimum atomic E-state index is -3.70. The molecule has 2 N–H and O–H groups in total. The fraction of sp³-hybridized carbons (Fsp3) is 0.182. The van der Waals surface area contributed by atoms with Crippen molar-refractivity contribution in [1.29, 1.82) is 0 Å². The van der Waals surface area contributed by atoms with Gasteiger partial charge in [-0.25, -0.2) is 8.42 Å². The minimum absolute atomic E-state index is 0.0570. The maximum absolute atomic E-state index is 12.2. The average molecular weight is 346 g/mol. The lowest BCUT2D eigenvalue weighted by Crippen LogP contribution is -2.12. The maximum Gasteiger partial charge on any atom is 0.266 e. The zero-order valence-electron chi connectivity index (χ0n) is 10.1. The van der Waals surface area contributed by atoms with Gasteiger partial charge in [-0.05, 0) is 35.1 Å². The molecule has 0 spiro atoms. The van der Waals surface area contributed by atoms with E-state index in [0.29, 0.717) is 18.0 Å². The first kappa shape index (κ1) is 14.0. The van der Waals surface area contributed by atoms with Gasteiger partial charge in [0.25, 0.3) is 10.0 Å². The highest BCUT2D eigenvalue weighted by molar-refractivity contribution is 9.10. The largest absolute Gasteiger partial charge is 0.451 e. The predicted octanol–water partition coefficient (Wildman–Crippen LogP) is 1.96. The topological polar surface area (TPSA) is 84.2 Å². The van der Waals surface area contributed by atoms with Crippen LogP contribution in [0.4, 0.5) is 5.69 Å². The summed E-state index contributed by atoms with van der Waals surface area (Å²) in [6, 6.07) is 4.74. The van der Waals surface area contributed by atoms with Gasteiger partial charge in [-0.3, -0.25) is 9.71 Å². The van der Waals surface area contributed by atoms with Gasteiger partial charge < -0.3 is 9.73 Å². The quantitative estimate of drug-likeness (QED) is 0.865. The third-order valence-corrected chi connectivity index (χ3v) is 4.50. The van der Waals surface area contributed by atoms with Crippen LogP contribution in [-0.2, 0) is 16.6 Å². The molecule has 0 unspecified atom stereocenters. The molecule has 2 heterocycles. The Morgan fingerprint density at radius 1 is 1.47 bits per heavy atom. The number of nitrogens with one attached hydrogen (secondary N) is 2. The molecule has 0 saturated carbocycles. The molecule has 6 nitrogen and oxygen atoms in total.